The Morgan fingerprint density at radius 3 is 2.74 bits per heavy atom. The van der Waals surface area contributed by atoms with Crippen molar-refractivity contribution >= 4 is 5.91 Å². The highest BCUT2D eigenvalue weighted by Crippen LogP contribution is 2.49. The van der Waals surface area contributed by atoms with E-state index in [2.05, 4.69) is 25.1 Å². The van der Waals surface area contributed by atoms with Crippen LogP contribution in [0.5, 0.6) is 0 Å². The van der Waals surface area contributed by atoms with Crippen LogP contribution in [0.1, 0.15) is 37.3 Å². The van der Waals surface area contributed by atoms with Gasteiger partial charge < -0.3 is 4.90 Å². The second-order valence-corrected chi connectivity index (χ2v) is 5.52. The molecule has 0 bridgehead atoms. The van der Waals surface area contributed by atoms with E-state index in [1.54, 1.807) is 4.90 Å². The zero-order valence-electron chi connectivity index (χ0n) is 11.8. The smallest absolute Gasteiger partial charge is 0.227 e. The van der Waals surface area contributed by atoms with E-state index in [0.717, 1.165) is 6.42 Å². The van der Waals surface area contributed by atoms with E-state index in [0.29, 0.717) is 5.92 Å². The summed E-state index contributed by atoms with van der Waals surface area (Å²) in [5.41, 5.74) is 2.53. The van der Waals surface area contributed by atoms with Crippen LogP contribution in [0.3, 0.4) is 0 Å². The molecular weight excluding hydrogens is 236 g/mol. The van der Waals surface area contributed by atoms with Gasteiger partial charge in [0.05, 0.1) is 6.07 Å². The molecule has 0 aromatic heterocycles. The van der Waals surface area contributed by atoms with Crippen LogP contribution in [0.25, 0.3) is 0 Å². The second-order valence-electron chi connectivity index (χ2n) is 5.52. The van der Waals surface area contributed by atoms with Crippen molar-refractivity contribution in [3.8, 4) is 6.07 Å². The number of hydrogen-bond acceptors (Lipinski definition) is 2. The first-order chi connectivity index (χ1) is 9.06. The Morgan fingerprint density at radius 2 is 2.16 bits per heavy atom. The minimum Gasteiger partial charge on any atom is -0.327 e. The maximum absolute atomic E-state index is 12.4. The van der Waals surface area contributed by atoms with Gasteiger partial charge in [-0.3, -0.25) is 4.79 Å². The molecule has 1 fully saturated rings. The highest BCUT2D eigenvalue weighted by molar-refractivity contribution is 5.83. The molecule has 1 saturated carbocycles. The quantitative estimate of drug-likeness (QED) is 0.777. The summed E-state index contributed by atoms with van der Waals surface area (Å²) in [4.78, 5) is 14.1. The summed E-state index contributed by atoms with van der Waals surface area (Å²) in [5, 5.41) is 8.82. The van der Waals surface area contributed by atoms with Crippen LogP contribution < -0.4 is 0 Å². The summed E-state index contributed by atoms with van der Waals surface area (Å²) < 4.78 is 0. The Morgan fingerprint density at radius 1 is 1.47 bits per heavy atom. The third-order valence-electron chi connectivity index (χ3n) is 3.84. The predicted molar refractivity (Wildman–Crippen MR) is 74.5 cm³/mol. The predicted octanol–water partition coefficient (Wildman–Crippen LogP) is 2.86. The molecule has 0 saturated heterocycles. The molecule has 2 rings (SSSR count). The van der Waals surface area contributed by atoms with Gasteiger partial charge in [-0.25, -0.2) is 0 Å². The van der Waals surface area contributed by atoms with E-state index in [1.165, 1.54) is 11.1 Å². The van der Waals surface area contributed by atoms with Gasteiger partial charge in [0, 0.05) is 12.0 Å². The summed E-state index contributed by atoms with van der Waals surface area (Å²) in [6.07, 6.45) is 0.915. The van der Waals surface area contributed by atoms with Crippen LogP contribution >= 0.6 is 0 Å². The van der Waals surface area contributed by atoms with E-state index >= 15 is 0 Å². The molecule has 19 heavy (non-hydrogen) atoms. The SMILES string of the molecule is Cc1ccccc1[C@H]1C[C@@H]1C(=O)N(CC#N)C(C)C. The molecule has 1 aliphatic rings. The van der Waals surface area contributed by atoms with E-state index < -0.39 is 0 Å². The highest BCUT2D eigenvalue weighted by atomic mass is 16.2. The van der Waals surface area contributed by atoms with Crippen LogP contribution in [0.4, 0.5) is 0 Å². The van der Waals surface area contributed by atoms with Crippen LogP contribution in [0.2, 0.25) is 0 Å². The first-order valence-electron chi connectivity index (χ1n) is 6.79. The Balaban J connectivity index is 2.08. The van der Waals surface area contributed by atoms with Crippen molar-refractivity contribution in [2.45, 2.75) is 39.2 Å². The van der Waals surface area contributed by atoms with Crippen molar-refractivity contribution in [2.24, 2.45) is 5.92 Å². The maximum atomic E-state index is 12.4. The molecule has 0 spiro atoms. The molecule has 1 aliphatic carbocycles. The Kier molecular flexibility index (Phi) is 3.90. The number of nitrogens with zero attached hydrogens (tertiary/aromatic N) is 2. The van der Waals surface area contributed by atoms with Crippen molar-refractivity contribution in [1.29, 1.82) is 5.26 Å². The Bertz CT molecular complexity index is 516. The van der Waals surface area contributed by atoms with Gasteiger partial charge in [0.15, 0.2) is 0 Å². The number of benzene rings is 1. The lowest BCUT2D eigenvalue weighted by Crippen LogP contribution is -2.38. The molecule has 1 aromatic rings. The number of amides is 1. The maximum Gasteiger partial charge on any atom is 0.227 e. The molecule has 1 amide bonds. The van der Waals surface area contributed by atoms with Crippen molar-refractivity contribution in [3.05, 3.63) is 35.4 Å². The lowest BCUT2D eigenvalue weighted by Gasteiger charge is -2.24. The molecule has 0 N–H and O–H groups in total. The van der Waals surface area contributed by atoms with Crippen molar-refractivity contribution in [3.63, 3.8) is 0 Å². The first-order valence-corrected chi connectivity index (χ1v) is 6.79. The normalized spacial score (nSPS) is 21.0. The van der Waals surface area contributed by atoms with Gasteiger partial charge in [-0.1, -0.05) is 24.3 Å². The van der Waals surface area contributed by atoms with E-state index in [4.69, 9.17) is 5.26 Å². The molecule has 3 heteroatoms. The Labute approximate surface area is 114 Å². The van der Waals surface area contributed by atoms with E-state index in [-0.39, 0.29) is 24.4 Å². The van der Waals surface area contributed by atoms with E-state index in [9.17, 15) is 4.79 Å². The van der Waals surface area contributed by atoms with Crippen molar-refractivity contribution in [2.75, 3.05) is 6.54 Å². The van der Waals surface area contributed by atoms with Crippen LogP contribution in [0.15, 0.2) is 24.3 Å². The van der Waals surface area contributed by atoms with Gasteiger partial charge in [-0.15, -0.1) is 0 Å². The third-order valence-corrected chi connectivity index (χ3v) is 3.84. The molecule has 100 valence electrons. The fourth-order valence-corrected chi connectivity index (χ4v) is 2.62. The highest BCUT2D eigenvalue weighted by Gasteiger charge is 2.46. The summed E-state index contributed by atoms with van der Waals surface area (Å²) in [5.74, 6) is 0.537. The molecule has 0 aliphatic heterocycles. The Hall–Kier alpha value is -1.82. The summed E-state index contributed by atoms with van der Waals surface area (Å²) >= 11 is 0. The first kappa shape index (κ1) is 13.6. The molecule has 1 aromatic carbocycles. The average molecular weight is 256 g/mol. The van der Waals surface area contributed by atoms with Gasteiger partial charge in [-0.2, -0.15) is 5.26 Å². The van der Waals surface area contributed by atoms with Crippen LogP contribution in [-0.4, -0.2) is 23.4 Å². The minimum atomic E-state index is 0.0665. The standard InChI is InChI=1S/C16H20N2O/c1-11(2)18(9-8-17)16(19)15-10-14(15)13-7-5-4-6-12(13)3/h4-7,11,14-15H,9-10H2,1-3H3/t14-,15+/m1/s1. The molecule has 0 unspecified atom stereocenters. The largest absolute Gasteiger partial charge is 0.327 e. The number of aryl methyl sites for hydroxylation is 1. The van der Waals surface area contributed by atoms with Crippen LogP contribution in [0, 0.1) is 24.2 Å². The molecule has 0 radical (unpaired) electrons. The topological polar surface area (TPSA) is 44.1 Å². The molecule has 3 nitrogen and oxygen atoms in total. The number of carbonyl (C=O) groups excluding carboxylic acids is 1. The van der Waals surface area contributed by atoms with Gasteiger partial charge >= 0.3 is 0 Å². The van der Waals surface area contributed by atoms with Gasteiger partial charge in [-0.05, 0) is 44.2 Å². The van der Waals surface area contributed by atoms with Gasteiger partial charge in [0.25, 0.3) is 0 Å². The fraction of sp³-hybridized carbons (Fsp3) is 0.500. The number of hydrogen-bond donors (Lipinski definition) is 0. The van der Waals surface area contributed by atoms with Gasteiger partial charge in [0.2, 0.25) is 5.91 Å². The third kappa shape index (κ3) is 2.78. The van der Waals surface area contributed by atoms with E-state index in [1.807, 2.05) is 26.0 Å². The van der Waals surface area contributed by atoms with Crippen molar-refractivity contribution in [1.82, 2.24) is 4.90 Å². The lowest BCUT2D eigenvalue weighted by atomic mass is 10.0. The second kappa shape index (κ2) is 5.44. The summed E-state index contributed by atoms with van der Waals surface area (Å²) in [7, 11) is 0. The van der Waals surface area contributed by atoms with Crippen LogP contribution in [-0.2, 0) is 4.79 Å². The zero-order valence-corrected chi connectivity index (χ0v) is 11.8. The molecule has 0 heterocycles. The average Bonchev–Trinajstić information content (AvgIpc) is 3.15. The van der Waals surface area contributed by atoms with Gasteiger partial charge in [0.1, 0.15) is 6.54 Å². The fourth-order valence-electron chi connectivity index (χ4n) is 2.62. The number of rotatable bonds is 4. The minimum absolute atomic E-state index is 0.0665. The molecule has 2 atom stereocenters. The van der Waals surface area contributed by atoms with Crippen molar-refractivity contribution < 1.29 is 4.79 Å². The lowest BCUT2D eigenvalue weighted by molar-refractivity contribution is -0.133. The zero-order chi connectivity index (χ0) is 14.0. The summed E-state index contributed by atoms with van der Waals surface area (Å²) in [6.45, 7) is 6.19. The summed E-state index contributed by atoms with van der Waals surface area (Å²) in [6, 6.07) is 10.4. The molecular formula is C16H20N2O. The number of carbonyl (C=O) groups is 1. The monoisotopic (exact) mass is 256 g/mol. The number of nitriles is 1.